The van der Waals surface area contributed by atoms with E-state index in [9.17, 15) is 18.0 Å². The first kappa shape index (κ1) is 17.6. The lowest BCUT2D eigenvalue weighted by Crippen LogP contribution is -2.26. The van der Waals surface area contributed by atoms with Crippen molar-refractivity contribution in [3.63, 3.8) is 0 Å². The highest BCUT2D eigenvalue weighted by Crippen LogP contribution is 2.29. The van der Waals surface area contributed by atoms with Crippen molar-refractivity contribution in [2.75, 3.05) is 0 Å². The van der Waals surface area contributed by atoms with Gasteiger partial charge in [0.15, 0.2) is 0 Å². The zero-order valence-corrected chi connectivity index (χ0v) is 13.5. The Balaban J connectivity index is 1.76. The van der Waals surface area contributed by atoms with E-state index in [1.807, 2.05) is 0 Å². The molecule has 0 fully saturated rings. The van der Waals surface area contributed by atoms with E-state index in [0.717, 1.165) is 12.3 Å². The zero-order valence-electron chi connectivity index (χ0n) is 13.5. The lowest BCUT2D eigenvalue weighted by molar-refractivity contribution is -0.141. The molecule has 3 rings (SSSR count). The molecule has 0 radical (unpaired) electrons. The Morgan fingerprint density at radius 1 is 1.19 bits per heavy atom. The number of alkyl halides is 3. The van der Waals surface area contributed by atoms with E-state index in [2.05, 4.69) is 20.4 Å². The zero-order chi connectivity index (χ0) is 18.7. The van der Waals surface area contributed by atoms with Crippen LogP contribution in [0.1, 0.15) is 34.9 Å². The third-order valence-electron chi connectivity index (χ3n) is 3.50. The minimum absolute atomic E-state index is 0.0197. The van der Waals surface area contributed by atoms with Gasteiger partial charge in [0.1, 0.15) is 11.7 Å². The standard InChI is InChI=1S/C17H13F3N4O2/c1-10(22-15(25)11-5-3-2-4-6-11)16-23-14(24-26-16)12-7-8-21-13(9-12)17(18,19)20/h2-10H,1H3,(H,22,25)/t10-/m0/s1. The summed E-state index contributed by atoms with van der Waals surface area (Å²) in [7, 11) is 0. The molecule has 0 spiro atoms. The molecule has 1 atom stereocenters. The predicted molar refractivity (Wildman–Crippen MR) is 84.9 cm³/mol. The number of pyridine rings is 1. The van der Waals surface area contributed by atoms with Crippen LogP contribution in [-0.4, -0.2) is 21.0 Å². The molecule has 2 aromatic heterocycles. The Labute approximate surface area is 146 Å². The van der Waals surface area contributed by atoms with Gasteiger partial charge in [-0.25, -0.2) is 0 Å². The number of hydrogen-bond donors (Lipinski definition) is 1. The predicted octanol–water partition coefficient (Wildman–Crippen LogP) is 3.64. The maximum atomic E-state index is 12.7. The van der Waals surface area contributed by atoms with Crippen molar-refractivity contribution in [2.45, 2.75) is 19.1 Å². The number of nitrogens with zero attached hydrogens (tertiary/aromatic N) is 3. The molecule has 9 heteroatoms. The molecule has 1 amide bonds. The third kappa shape index (κ3) is 3.88. The molecule has 0 aliphatic rings. The molecule has 26 heavy (non-hydrogen) atoms. The Kier molecular flexibility index (Phi) is 4.70. The van der Waals surface area contributed by atoms with Crippen molar-refractivity contribution >= 4 is 5.91 Å². The number of carbonyl (C=O) groups excluding carboxylic acids is 1. The molecule has 6 nitrogen and oxygen atoms in total. The molecule has 0 saturated carbocycles. The van der Waals surface area contributed by atoms with Crippen LogP contribution in [0.15, 0.2) is 53.2 Å². The molecule has 3 aromatic rings. The Hall–Kier alpha value is -3.23. The largest absolute Gasteiger partial charge is 0.433 e. The molecule has 1 aromatic carbocycles. The third-order valence-corrected chi connectivity index (χ3v) is 3.50. The topological polar surface area (TPSA) is 80.9 Å². The summed E-state index contributed by atoms with van der Waals surface area (Å²) in [5, 5.41) is 6.36. The van der Waals surface area contributed by atoms with Gasteiger partial charge in [-0.3, -0.25) is 9.78 Å². The van der Waals surface area contributed by atoms with Crippen molar-refractivity contribution in [1.82, 2.24) is 20.4 Å². The first-order chi connectivity index (χ1) is 12.3. The highest BCUT2D eigenvalue weighted by Gasteiger charge is 2.33. The summed E-state index contributed by atoms with van der Waals surface area (Å²) in [6.45, 7) is 1.63. The number of aromatic nitrogens is 3. The lowest BCUT2D eigenvalue weighted by atomic mass is 10.2. The van der Waals surface area contributed by atoms with Crippen LogP contribution in [0, 0.1) is 0 Å². The summed E-state index contributed by atoms with van der Waals surface area (Å²) >= 11 is 0. The number of halogens is 3. The minimum Gasteiger partial charge on any atom is -0.341 e. The van der Waals surface area contributed by atoms with E-state index >= 15 is 0 Å². The van der Waals surface area contributed by atoms with E-state index in [1.165, 1.54) is 6.07 Å². The second kappa shape index (κ2) is 6.95. The fourth-order valence-corrected chi connectivity index (χ4v) is 2.18. The average Bonchev–Trinajstić information content (AvgIpc) is 3.12. The van der Waals surface area contributed by atoms with Crippen molar-refractivity contribution in [1.29, 1.82) is 0 Å². The molecule has 0 bridgehead atoms. The summed E-state index contributed by atoms with van der Waals surface area (Å²) in [6.07, 6.45) is -3.55. The summed E-state index contributed by atoms with van der Waals surface area (Å²) < 4.78 is 43.3. The molecule has 0 saturated heterocycles. The van der Waals surface area contributed by atoms with E-state index in [1.54, 1.807) is 37.3 Å². The van der Waals surface area contributed by atoms with Gasteiger partial charge in [0.2, 0.25) is 11.7 Å². The second-order valence-electron chi connectivity index (χ2n) is 5.44. The first-order valence-electron chi connectivity index (χ1n) is 7.58. The Bertz CT molecular complexity index is 910. The van der Waals surface area contributed by atoms with Gasteiger partial charge < -0.3 is 9.84 Å². The summed E-state index contributed by atoms with van der Waals surface area (Å²) in [4.78, 5) is 19.5. The molecule has 0 aliphatic carbocycles. The molecule has 0 aliphatic heterocycles. The van der Waals surface area contributed by atoms with Gasteiger partial charge >= 0.3 is 6.18 Å². The first-order valence-corrected chi connectivity index (χ1v) is 7.58. The SMILES string of the molecule is C[C@H](NC(=O)c1ccccc1)c1nc(-c2ccnc(C(F)(F)F)c2)no1. The maximum Gasteiger partial charge on any atom is 0.433 e. The van der Waals surface area contributed by atoms with Gasteiger partial charge in [0.25, 0.3) is 5.91 Å². The van der Waals surface area contributed by atoms with Gasteiger partial charge in [-0.1, -0.05) is 23.4 Å². The van der Waals surface area contributed by atoms with E-state index in [4.69, 9.17) is 4.52 Å². The van der Waals surface area contributed by atoms with Gasteiger partial charge in [-0.05, 0) is 31.2 Å². The van der Waals surface area contributed by atoms with E-state index in [-0.39, 0.29) is 23.2 Å². The summed E-state index contributed by atoms with van der Waals surface area (Å²) in [5.41, 5.74) is -0.473. The fraction of sp³-hybridized carbons (Fsp3) is 0.176. The number of nitrogens with one attached hydrogen (secondary N) is 1. The number of hydrogen-bond acceptors (Lipinski definition) is 5. The highest BCUT2D eigenvalue weighted by molar-refractivity contribution is 5.94. The van der Waals surface area contributed by atoms with E-state index < -0.39 is 17.9 Å². The van der Waals surface area contributed by atoms with Crippen molar-refractivity contribution in [3.8, 4) is 11.4 Å². The molecular weight excluding hydrogens is 349 g/mol. The minimum atomic E-state index is -4.57. The van der Waals surface area contributed by atoms with Crippen LogP contribution in [0.2, 0.25) is 0 Å². The van der Waals surface area contributed by atoms with Crippen LogP contribution < -0.4 is 5.32 Å². The Morgan fingerprint density at radius 2 is 1.92 bits per heavy atom. The Morgan fingerprint density at radius 3 is 2.62 bits per heavy atom. The molecule has 2 heterocycles. The molecule has 1 N–H and O–H groups in total. The number of benzene rings is 1. The van der Waals surface area contributed by atoms with Crippen LogP contribution in [0.5, 0.6) is 0 Å². The molecule has 134 valence electrons. The summed E-state index contributed by atoms with van der Waals surface area (Å²) in [5.74, 6) is -0.274. The van der Waals surface area contributed by atoms with Crippen LogP contribution in [0.3, 0.4) is 0 Å². The van der Waals surface area contributed by atoms with Crippen LogP contribution in [0.25, 0.3) is 11.4 Å². The molecular formula is C17H13F3N4O2. The van der Waals surface area contributed by atoms with E-state index in [0.29, 0.717) is 5.56 Å². The number of rotatable bonds is 4. The van der Waals surface area contributed by atoms with Gasteiger partial charge in [-0.2, -0.15) is 18.2 Å². The van der Waals surface area contributed by atoms with Crippen molar-refractivity contribution in [2.24, 2.45) is 0 Å². The number of amides is 1. The number of carbonyl (C=O) groups is 1. The second-order valence-corrected chi connectivity index (χ2v) is 5.44. The maximum absolute atomic E-state index is 12.7. The normalized spacial score (nSPS) is 12.6. The van der Waals surface area contributed by atoms with Gasteiger partial charge in [0, 0.05) is 17.3 Å². The smallest absolute Gasteiger partial charge is 0.341 e. The van der Waals surface area contributed by atoms with Crippen molar-refractivity contribution < 1.29 is 22.5 Å². The van der Waals surface area contributed by atoms with Crippen molar-refractivity contribution in [3.05, 3.63) is 65.8 Å². The quantitative estimate of drug-likeness (QED) is 0.766. The van der Waals surface area contributed by atoms with Gasteiger partial charge in [-0.15, -0.1) is 0 Å². The van der Waals surface area contributed by atoms with Crippen LogP contribution in [0.4, 0.5) is 13.2 Å². The van der Waals surface area contributed by atoms with Crippen LogP contribution in [-0.2, 0) is 6.18 Å². The lowest BCUT2D eigenvalue weighted by Gasteiger charge is -2.09. The van der Waals surface area contributed by atoms with Crippen LogP contribution >= 0.6 is 0 Å². The molecule has 0 unspecified atom stereocenters. The summed E-state index contributed by atoms with van der Waals surface area (Å²) in [6, 6.07) is 10.1. The monoisotopic (exact) mass is 362 g/mol. The highest BCUT2D eigenvalue weighted by atomic mass is 19.4. The fourth-order valence-electron chi connectivity index (χ4n) is 2.18. The van der Waals surface area contributed by atoms with Gasteiger partial charge in [0.05, 0.1) is 0 Å². The average molecular weight is 362 g/mol.